The Kier molecular flexibility index (Phi) is 6.54. The van der Waals surface area contributed by atoms with E-state index in [1.165, 1.54) is 18.3 Å². The molecule has 29 heavy (non-hydrogen) atoms. The number of nitrogens with zero attached hydrogens (tertiary/aromatic N) is 1. The summed E-state index contributed by atoms with van der Waals surface area (Å²) in [4.78, 5) is 39.6. The third-order valence-electron chi connectivity index (χ3n) is 3.61. The van der Waals surface area contributed by atoms with Gasteiger partial charge in [0, 0.05) is 29.4 Å². The summed E-state index contributed by atoms with van der Waals surface area (Å²) in [6.45, 7) is 1.42. The third kappa shape index (κ3) is 6.43. The zero-order valence-electron chi connectivity index (χ0n) is 15.6. The molecule has 4 amide bonds. The number of thiazole rings is 1. The van der Waals surface area contributed by atoms with E-state index in [-0.39, 0.29) is 18.2 Å². The van der Waals surface area contributed by atoms with Crippen LogP contribution in [0.2, 0.25) is 0 Å². The molecule has 0 radical (unpaired) electrons. The molecule has 1 heterocycles. The number of aromatic nitrogens is 1. The fourth-order valence-corrected chi connectivity index (χ4v) is 3.18. The second-order valence-electron chi connectivity index (χ2n) is 6.08. The van der Waals surface area contributed by atoms with Crippen LogP contribution in [0.4, 0.5) is 27.0 Å². The first kappa shape index (κ1) is 20.0. The monoisotopic (exact) mass is 409 g/mol. The molecule has 0 aliphatic carbocycles. The van der Waals surface area contributed by atoms with Crippen molar-refractivity contribution in [2.75, 3.05) is 21.3 Å². The fraction of sp³-hybridized carbons (Fsp3) is 0.100. The first-order valence-corrected chi connectivity index (χ1v) is 9.61. The summed E-state index contributed by atoms with van der Waals surface area (Å²) in [5.74, 6) is -0.442. The Bertz CT molecular complexity index is 1020. The van der Waals surface area contributed by atoms with Gasteiger partial charge in [0.2, 0.25) is 11.8 Å². The maximum Gasteiger partial charge on any atom is 0.325 e. The number of carbonyl (C=O) groups is 3. The van der Waals surface area contributed by atoms with Gasteiger partial charge in [-0.1, -0.05) is 24.3 Å². The summed E-state index contributed by atoms with van der Waals surface area (Å²) in [5.41, 5.74) is 2.38. The van der Waals surface area contributed by atoms with E-state index < -0.39 is 6.03 Å². The molecule has 8 nitrogen and oxygen atoms in total. The molecule has 0 aliphatic heterocycles. The molecule has 148 valence electrons. The van der Waals surface area contributed by atoms with Gasteiger partial charge in [0.15, 0.2) is 5.13 Å². The van der Waals surface area contributed by atoms with E-state index in [0.717, 1.165) is 0 Å². The normalized spacial score (nSPS) is 10.1. The van der Waals surface area contributed by atoms with E-state index in [0.29, 0.717) is 27.9 Å². The molecule has 3 rings (SSSR count). The summed E-state index contributed by atoms with van der Waals surface area (Å²) < 4.78 is 0. The van der Waals surface area contributed by atoms with Gasteiger partial charge in [0.1, 0.15) is 0 Å². The van der Waals surface area contributed by atoms with Gasteiger partial charge in [0.25, 0.3) is 0 Å². The molecule has 0 fully saturated rings. The lowest BCUT2D eigenvalue weighted by atomic mass is 10.2. The lowest BCUT2D eigenvalue weighted by Gasteiger charge is -2.07. The summed E-state index contributed by atoms with van der Waals surface area (Å²) in [6, 6.07) is 15.5. The van der Waals surface area contributed by atoms with E-state index in [9.17, 15) is 14.4 Å². The minimum atomic E-state index is -0.406. The van der Waals surface area contributed by atoms with Crippen LogP contribution in [0.25, 0.3) is 0 Å². The molecule has 0 atom stereocenters. The molecule has 1 aromatic heterocycles. The van der Waals surface area contributed by atoms with Crippen molar-refractivity contribution >= 4 is 51.4 Å². The molecule has 0 saturated carbocycles. The molecule has 9 heteroatoms. The summed E-state index contributed by atoms with van der Waals surface area (Å²) in [5, 5.41) is 12.9. The molecule has 4 N–H and O–H groups in total. The molecular formula is C20H19N5O3S. The van der Waals surface area contributed by atoms with Crippen molar-refractivity contribution in [1.29, 1.82) is 0 Å². The van der Waals surface area contributed by atoms with Crippen molar-refractivity contribution in [3.8, 4) is 0 Å². The first-order chi connectivity index (χ1) is 14.0. The molecule has 0 unspecified atom stereocenters. The molecule has 2 aromatic carbocycles. The van der Waals surface area contributed by atoms with Gasteiger partial charge in [-0.2, -0.15) is 0 Å². The van der Waals surface area contributed by atoms with E-state index >= 15 is 0 Å². The zero-order valence-corrected chi connectivity index (χ0v) is 16.4. The number of urea groups is 1. The van der Waals surface area contributed by atoms with Crippen LogP contribution in [-0.4, -0.2) is 22.8 Å². The highest BCUT2D eigenvalue weighted by molar-refractivity contribution is 7.14. The lowest BCUT2D eigenvalue weighted by molar-refractivity contribution is -0.116. The highest BCUT2D eigenvalue weighted by Gasteiger charge is 2.11. The number of rotatable bonds is 6. The smallest absolute Gasteiger partial charge is 0.325 e. The number of carbonyl (C=O) groups excluding carboxylic acids is 3. The van der Waals surface area contributed by atoms with Gasteiger partial charge < -0.3 is 16.0 Å². The van der Waals surface area contributed by atoms with Crippen molar-refractivity contribution in [2.24, 2.45) is 0 Å². The highest BCUT2D eigenvalue weighted by Crippen LogP contribution is 2.18. The number of benzene rings is 2. The van der Waals surface area contributed by atoms with Gasteiger partial charge in [-0.05, 0) is 30.3 Å². The van der Waals surface area contributed by atoms with Crippen LogP contribution in [-0.2, 0) is 16.0 Å². The van der Waals surface area contributed by atoms with Gasteiger partial charge in [0.05, 0.1) is 12.1 Å². The van der Waals surface area contributed by atoms with E-state index in [4.69, 9.17) is 0 Å². The Balaban J connectivity index is 1.52. The van der Waals surface area contributed by atoms with Crippen molar-refractivity contribution in [2.45, 2.75) is 13.3 Å². The van der Waals surface area contributed by atoms with Crippen LogP contribution in [0.3, 0.4) is 0 Å². The number of nitrogens with one attached hydrogen (secondary N) is 4. The van der Waals surface area contributed by atoms with E-state index in [2.05, 4.69) is 26.3 Å². The van der Waals surface area contributed by atoms with E-state index in [1.54, 1.807) is 41.8 Å². The second kappa shape index (κ2) is 9.47. The lowest BCUT2D eigenvalue weighted by Crippen LogP contribution is -2.19. The largest absolute Gasteiger partial charge is 0.326 e. The molecule has 3 aromatic rings. The zero-order chi connectivity index (χ0) is 20.6. The summed E-state index contributed by atoms with van der Waals surface area (Å²) in [7, 11) is 0. The molecule has 0 aliphatic rings. The van der Waals surface area contributed by atoms with Gasteiger partial charge in [-0.25, -0.2) is 9.78 Å². The Labute approximate surface area is 171 Å². The predicted molar refractivity (Wildman–Crippen MR) is 114 cm³/mol. The van der Waals surface area contributed by atoms with Crippen LogP contribution >= 0.6 is 11.3 Å². The second-order valence-corrected chi connectivity index (χ2v) is 6.93. The number of amides is 4. The molecular weight excluding hydrogens is 390 g/mol. The average molecular weight is 409 g/mol. The number of para-hydroxylation sites is 1. The van der Waals surface area contributed by atoms with Gasteiger partial charge in [-0.3, -0.25) is 14.9 Å². The van der Waals surface area contributed by atoms with Gasteiger partial charge >= 0.3 is 6.03 Å². The van der Waals surface area contributed by atoms with Crippen LogP contribution in [0.15, 0.2) is 60.0 Å². The highest BCUT2D eigenvalue weighted by atomic mass is 32.1. The van der Waals surface area contributed by atoms with Crippen molar-refractivity contribution in [3.63, 3.8) is 0 Å². The molecule has 0 saturated heterocycles. The van der Waals surface area contributed by atoms with Crippen LogP contribution in [0.5, 0.6) is 0 Å². The Morgan fingerprint density at radius 1 is 0.862 bits per heavy atom. The molecule has 0 spiro atoms. The average Bonchev–Trinajstić information content (AvgIpc) is 3.08. The first-order valence-electron chi connectivity index (χ1n) is 8.73. The van der Waals surface area contributed by atoms with Crippen LogP contribution in [0, 0.1) is 0 Å². The maximum atomic E-state index is 12.3. The van der Waals surface area contributed by atoms with Gasteiger partial charge in [-0.15, -0.1) is 11.3 Å². The Morgan fingerprint density at radius 3 is 2.28 bits per heavy atom. The minimum Gasteiger partial charge on any atom is -0.326 e. The Hall–Kier alpha value is -3.72. The number of anilines is 4. The van der Waals surface area contributed by atoms with E-state index in [1.807, 2.05) is 18.2 Å². The number of hydrogen-bond acceptors (Lipinski definition) is 5. The molecule has 0 bridgehead atoms. The Morgan fingerprint density at radius 2 is 1.55 bits per heavy atom. The number of hydrogen-bond donors (Lipinski definition) is 4. The fourth-order valence-electron chi connectivity index (χ4n) is 2.47. The SMILES string of the molecule is CC(=O)Nc1cccc(NC(=O)Cc2csc(NC(=O)Nc3ccccc3)n2)c1. The van der Waals surface area contributed by atoms with Crippen molar-refractivity contribution in [3.05, 3.63) is 65.7 Å². The van der Waals surface area contributed by atoms with Crippen LogP contribution in [0.1, 0.15) is 12.6 Å². The van der Waals surface area contributed by atoms with Crippen molar-refractivity contribution < 1.29 is 14.4 Å². The van der Waals surface area contributed by atoms with Crippen molar-refractivity contribution in [1.82, 2.24) is 4.98 Å². The maximum absolute atomic E-state index is 12.3. The predicted octanol–water partition coefficient (Wildman–Crippen LogP) is 3.93. The summed E-state index contributed by atoms with van der Waals surface area (Å²) in [6.07, 6.45) is 0.0584. The van der Waals surface area contributed by atoms with Crippen LogP contribution < -0.4 is 21.3 Å². The topological polar surface area (TPSA) is 112 Å². The summed E-state index contributed by atoms with van der Waals surface area (Å²) >= 11 is 1.24. The third-order valence-corrected chi connectivity index (χ3v) is 4.42. The standard InChI is InChI=1S/C20H19N5O3S/c1-13(26)21-15-8-5-9-16(10-15)22-18(27)11-17-12-29-20(24-17)25-19(28)23-14-6-3-2-4-7-14/h2-10,12H,11H2,1H3,(H,21,26)(H,22,27)(H2,23,24,25,28). The quantitative estimate of drug-likeness (QED) is 0.494. The minimum absolute atomic E-state index is 0.0584.